The Balaban J connectivity index is 1.56. The minimum Gasteiger partial charge on any atom is -0.368 e. The summed E-state index contributed by atoms with van der Waals surface area (Å²) in [5, 5.41) is 0. The van der Waals surface area contributed by atoms with Gasteiger partial charge in [0.05, 0.1) is 4.99 Å². The van der Waals surface area contributed by atoms with Crippen molar-refractivity contribution in [3.8, 4) is 0 Å². The molecule has 1 saturated heterocycles. The van der Waals surface area contributed by atoms with E-state index in [-0.39, 0.29) is 0 Å². The number of nitrogens with zero attached hydrogens (tertiary/aromatic N) is 2. The second kappa shape index (κ2) is 6.93. The summed E-state index contributed by atoms with van der Waals surface area (Å²) in [6, 6.07) is 19.2. The molecular formula is C19H22N2S. The van der Waals surface area contributed by atoms with Crippen molar-refractivity contribution in [2.75, 3.05) is 31.1 Å². The standard InChI is InChI=1S/C19H22N2S/c1-16-6-5-9-18(14-16)20-10-12-21(13-11-20)19(22)15-17-7-3-2-4-8-17/h2-9,14H,10-13,15H2,1H3. The molecule has 1 fully saturated rings. The molecule has 3 rings (SSSR count). The van der Waals surface area contributed by atoms with Gasteiger partial charge in [-0.25, -0.2) is 0 Å². The summed E-state index contributed by atoms with van der Waals surface area (Å²) in [5.74, 6) is 0. The molecule has 0 aliphatic carbocycles. The van der Waals surface area contributed by atoms with E-state index in [9.17, 15) is 0 Å². The Kier molecular flexibility index (Phi) is 4.74. The zero-order chi connectivity index (χ0) is 15.4. The van der Waals surface area contributed by atoms with E-state index < -0.39 is 0 Å². The molecule has 2 aromatic rings. The van der Waals surface area contributed by atoms with Crippen LogP contribution in [0.15, 0.2) is 54.6 Å². The Morgan fingerprint density at radius 2 is 1.68 bits per heavy atom. The smallest absolute Gasteiger partial charge is 0.0824 e. The SMILES string of the molecule is Cc1cccc(N2CCN(C(=S)Cc3ccccc3)CC2)c1. The highest BCUT2D eigenvalue weighted by Crippen LogP contribution is 2.18. The van der Waals surface area contributed by atoms with E-state index in [1.165, 1.54) is 16.8 Å². The Hall–Kier alpha value is -1.87. The molecule has 2 aromatic carbocycles. The van der Waals surface area contributed by atoms with Crippen LogP contribution < -0.4 is 4.90 Å². The molecule has 114 valence electrons. The van der Waals surface area contributed by atoms with Gasteiger partial charge in [-0.3, -0.25) is 0 Å². The molecule has 3 heteroatoms. The maximum Gasteiger partial charge on any atom is 0.0824 e. The lowest BCUT2D eigenvalue weighted by atomic mass is 10.1. The molecule has 0 unspecified atom stereocenters. The first-order valence-corrected chi connectivity index (χ1v) is 8.26. The van der Waals surface area contributed by atoms with Crippen molar-refractivity contribution in [1.29, 1.82) is 0 Å². The van der Waals surface area contributed by atoms with Crippen molar-refractivity contribution in [2.24, 2.45) is 0 Å². The predicted octanol–water partition coefficient (Wildman–Crippen LogP) is 3.69. The van der Waals surface area contributed by atoms with E-state index in [1.807, 2.05) is 6.07 Å². The Bertz CT molecular complexity index is 631. The van der Waals surface area contributed by atoms with Crippen LogP contribution in [-0.2, 0) is 6.42 Å². The van der Waals surface area contributed by atoms with Crippen molar-refractivity contribution in [3.05, 3.63) is 65.7 Å². The zero-order valence-corrected chi connectivity index (χ0v) is 13.9. The summed E-state index contributed by atoms with van der Waals surface area (Å²) in [7, 11) is 0. The number of hydrogen-bond acceptors (Lipinski definition) is 2. The Morgan fingerprint density at radius 3 is 2.36 bits per heavy atom. The summed E-state index contributed by atoms with van der Waals surface area (Å²) in [5.41, 5.74) is 3.95. The molecule has 0 saturated carbocycles. The van der Waals surface area contributed by atoms with Crippen LogP contribution in [0.5, 0.6) is 0 Å². The zero-order valence-electron chi connectivity index (χ0n) is 13.0. The maximum absolute atomic E-state index is 5.64. The summed E-state index contributed by atoms with van der Waals surface area (Å²) in [6.07, 6.45) is 0.876. The normalized spacial score (nSPS) is 15.0. The summed E-state index contributed by atoms with van der Waals surface area (Å²) >= 11 is 5.64. The molecule has 1 heterocycles. The molecule has 0 atom stereocenters. The molecule has 0 amide bonds. The van der Waals surface area contributed by atoms with Gasteiger partial charge in [-0.1, -0.05) is 54.7 Å². The molecule has 0 aromatic heterocycles. The average molecular weight is 310 g/mol. The number of anilines is 1. The highest BCUT2D eigenvalue weighted by Gasteiger charge is 2.19. The van der Waals surface area contributed by atoms with Gasteiger partial charge in [0.25, 0.3) is 0 Å². The first-order chi connectivity index (χ1) is 10.7. The van der Waals surface area contributed by atoms with Crippen LogP contribution in [0.1, 0.15) is 11.1 Å². The predicted molar refractivity (Wildman–Crippen MR) is 97.7 cm³/mol. The molecule has 0 N–H and O–H groups in total. The highest BCUT2D eigenvalue weighted by molar-refractivity contribution is 7.80. The summed E-state index contributed by atoms with van der Waals surface area (Å²) in [4.78, 5) is 5.87. The molecule has 2 nitrogen and oxygen atoms in total. The van der Waals surface area contributed by atoms with E-state index in [0.717, 1.165) is 37.6 Å². The van der Waals surface area contributed by atoms with Crippen molar-refractivity contribution in [2.45, 2.75) is 13.3 Å². The lowest BCUT2D eigenvalue weighted by Gasteiger charge is -2.37. The van der Waals surface area contributed by atoms with Crippen molar-refractivity contribution >= 4 is 22.9 Å². The number of thiocarbonyl (C=S) groups is 1. The number of piperazine rings is 1. The quantitative estimate of drug-likeness (QED) is 0.798. The third-order valence-corrected chi connectivity index (χ3v) is 4.60. The fourth-order valence-electron chi connectivity index (χ4n) is 2.92. The Labute approximate surface area is 138 Å². The topological polar surface area (TPSA) is 6.48 Å². The Morgan fingerprint density at radius 1 is 0.955 bits per heavy atom. The van der Waals surface area contributed by atoms with Gasteiger partial charge in [-0.05, 0) is 30.2 Å². The summed E-state index contributed by atoms with van der Waals surface area (Å²) in [6.45, 7) is 6.25. The third-order valence-electron chi connectivity index (χ3n) is 4.20. The van der Waals surface area contributed by atoms with Gasteiger partial charge < -0.3 is 9.80 Å². The van der Waals surface area contributed by atoms with Crippen LogP contribution in [0.2, 0.25) is 0 Å². The highest BCUT2D eigenvalue weighted by atomic mass is 32.1. The van der Waals surface area contributed by atoms with Crippen LogP contribution in [0, 0.1) is 6.92 Å². The van der Waals surface area contributed by atoms with E-state index >= 15 is 0 Å². The van der Waals surface area contributed by atoms with Gasteiger partial charge >= 0.3 is 0 Å². The molecule has 0 radical (unpaired) electrons. The first kappa shape index (κ1) is 15.0. The second-order valence-electron chi connectivity index (χ2n) is 5.87. The van der Waals surface area contributed by atoms with Crippen molar-refractivity contribution < 1.29 is 0 Å². The van der Waals surface area contributed by atoms with Gasteiger partial charge in [0.2, 0.25) is 0 Å². The molecule has 1 aliphatic heterocycles. The van der Waals surface area contributed by atoms with Crippen molar-refractivity contribution in [3.63, 3.8) is 0 Å². The van der Waals surface area contributed by atoms with Gasteiger partial charge in [0.15, 0.2) is 0 Å². The number of aryl methyl sites for hydroxylation is 1. The van der Waals surface area contributed by atoms with E-state index in [2.05, 4.69) is 65.3 Å². The van der Waals surface area contributed by atoms with E-state index in [1.54, 1.807) is 0 Å². The number of benzene rings is 2. The molecule has 0 bridgehead atoms. The van der Waals surface area contributed by atoms with Crippen LogP contribution >= 0.6 is 12.2 Å². The molecule has 22 heavy (non-hydrogen) atoms. The van der Waals surface area contributed by atoms with Gasteiger partial charge in [-0.2, -0.15) is 0 Å². The maximum atomic E-state index is 5.64. The lowest BCUT2D eigenvalue weighted by molar-refractivity contribution is 0.387. The second-order valence-corrected chi connectivity index (χ2v) is 6.34. The molecule has 0 spiro atoms. The van der Waals surface area contributed by atoms with Crippen LogP contribution in [-0.4, -0.2) is 36.1 Å². The fourth-order valence-corrected chi connectivity index (χ4v) is 3.27. The van der Waals surface area contributed by atoms with Gasteiger partial charge in [-0.15, -0.1) is 0 Å². The molecule has 1 aliphatic rings. The summed E-state index contributed by atoms with van der Waals surface area (Å²) < 4.78 is 0. The fraction of sp³-hybridized carbons (Fsp3) is 0.316. The van der Waals surface area contributed by atoms with Crippen LogP contribution in [0.3, 0.4) is 0 Å². The van der Waals surface area contributed by atoms with Crippen molar-refractivity contribution in [1.82, 2.24) is 4.90 Å². The van der Waals surface area contributed by atoms with Crippen LogP contribution in [0.4, 0.5) is 5.69 Å². The van der Waals surface area contributed by atoms with E-state index in [4.69, 9.17) is 12.2 Å². The van der Waals surface area contributed by atoms with Gasteiger partial charge in [0.1, 0.15) is 0 Å². The van der Waals surface area contributed by atoms with E-state index in [0.29, 0.717) is 0 Å². The number of rotatable bonds is 3. The monoisotopic (exact) mass is 310 g/mol. The number of hydrogen-bond donors (Lipinski definition) is 0. The van der Waals surface area contributed by atoms with Gasteiger partial charge in [0, 0.05) is 38.3 Å². The van der Waals surface area contributed by atoms with Crippen LogP contribution in [0.25, 0.3) is 0 Å². The average Bonchev–Trinajstić information content (AvgIpc) is 2.56. The minimum absolute atomic E-state index is 0.876. The molecular weight excluding hydrogens is 288 g/mol. The largest absolute Gasteiger partial charge is 0.368 e. The minimum atomic E-state index is 0.876. The third kappa shape index (κ3) is 3.66. The lowest BCUT2D eigenvalue weighted by Crippen LogP contribution is -2.48. The first-order valence-electron chi connectivity index (χ1n) is 7.86.